The molecule has 0 saturated carbocycles. The Morgan fingerprint density at radius 3 is 2.07 bits per heavy atom. The van der Waals surface area contributed by atoms with Crippen LogP contribution in [0.3, 0.4) is 0 Å². The average molecular weight is 238 g/mol. The van der Waals surface area contributed by atoms with E-state index in [-0.39, 0.29) is 5.92 Å². The molecule has 0 bridgehead atoms. The molecule has 15 heavy (non-hydrogen) atoms. The molecule has 5 heteroatoms. The number of aldehydes is 1. The summed E-state index contributed by atoms with van der Waals surface area (Å²) >= 11 is 0. The minimum Gasteiger partial charge on any atom is -0.339 e. The van der Waals surface area contributed by atoms with Crippen molar-refractivity contribution < 1.29 is 9.35 Å². The molecule has 94 valence electrons. The number of nitrogens with zero attached hydrogens (tertiary/aromatic N) is 1. The van der Waals surface area contributed by atoms with Crippen LogP contribution in [0.5, 0.6) is 0 Å². The predicted molar refractivity (Wildman–Crippen MR) is 69.3 cm³/mol. The summed E-state index contributed by atoms with van der Waals surface area (Å²) in [5.74, 6) is 0.147. The number of hydrogen-bond donors (Lipinski definition) is 2. The minimum absolute atomic E-state index is 0.147. The van der Waals surface area contributed by atoms with Crippen LogP contribution in [0.2, 0.25) is 0 Å². The summed E-state index contributed by atoms with van der Waals surface area (Å²) in [5.41, 5.74) is 4.50. The third kappa shape index (κ3) is 6.89. The summed E-state index contributed by atoms with van der Waals surface area (Å²) in [5, 5.41) is 0. The van der Waals surface area contributed by atoms with Gasteiger partial charge in [0.05, 0.1) is 0 Å². The molecule has 0 aromatic rings. The quantitative estimate of drug-likeness (QED) is 0.717. The van der Waals surface area contributed by atoms with Gasteiger partial charge in [0.2, 0.25) is 0 Å². The van der Waals surface area contributed by atoms with Crippen molar-refractivity contribution in [1.29, 1.82) is 0 Å². The van der Waals surface area contributed by atoms with E-state index in [0.717, 1.165) is 25.8 Å². The van der Waals surface area contributed by atoms with Crippen molar-refractivity contribution in [3.05, 3.63) is 0 Å². The summed E-state index contributed by atoms with van der Waals surface area (Å²) in [6, 6.07) is 0. The Morgan fingerprint density at radius 1 is 1.40 bits per heavy atom. The lowest BCUT2D eigenvalue weighted by Crippen LogP contribution is -2.24. The largest absolute Gasteiger partial charge is 0.339 e. The molecule has 0 radical (unpaired) electrons. The molecule has 0 spiro atoms. The fourth-order valence-electron chi connectivity index (χ4n) is 1.27. The SMILES string of the molecule is CC.CN.CS(C)(O)N1CCC(C=O)C1. The zero-order valence-electron chi connectivity index (χ0n) is 10.6. The van der Waals surface area contributed by atoms with Crippen LogP contribution in [0, 0.1) is 5.92 Å². The summed E-state index contributed by atoms with van der Waals surface area (Å²) in [4.78, 5) is 10.4. The smallest absolute Gasteiger partial charge is 0.124 e. The number of nitrogens with two attached hydrogens (primary N) is 1. The van der Waals surface area contributed by atoms with Gasteiger partial charge in [-0.15, -0.1) is 0 Å². The maximum Gasteiger partial charge on any atom is 0.124 e. The second-order valence-corrected chi connectivity index (χ2v) is 6.25. The van der Waals surface area contributed by atoms with Crippen LogP contribution in [0.1, 0.15) is 20.3 Å². The van der Waals surface area contributed by atoms with Gasteiger partial charge in [-0.1, -0.05) is 24.3 Å². The Balaban J connectivity index is 0. The van der Waals surface area contributed by atoms with E-state index in [1.807, 2.05) is 30.7 Å². The summed E-state index contributed by atoms with van der Waals surface area (Å²) in [7, 11) is -0.0711. The van der Waals surface area contributed by atoms with Crippen molar-refractivity contribution in [2.24, 2.45) is 11.7 Å². The molecule has 0 aromatic carbocycles. The number of rotatable bonds is 2. The van der Waals surface area contributed by atoms with Crippen molar-refractivity contribution in [2.75, 3.05) is 32.6 Å². The van der Waals surface area contributed by atoms with Crippen LogP contribution in [0.25, 0.3) is 0 Å². The normalized spacial score (nSPS) is 21.9. The zero-order chi connectivity index (χ0) is 12.5. The highest BCUT2D eigenvalue weighted by Crippen LogP contribution is 2.42. The van der Waals surface area contributed by atoms with Gasteiger partial charge >= 0.3 is 0 Å². The molecule has 1 rings (SSSR count). The van der Waals surface area contributed by atoms with Crippen molar-refractivity contribution in [2.45, 2.75) is 20.3 Å². The van der Waals surface area contributed by atoms with E-state index in [1.165, 1.54) is 7.05 Å². The first-order chi connectivity index (χ1) is 7.04. The van der Waals surface area contributed by atoms with Crippen LogP contribution in [0.15, 0.2) is 0 Å². The molecule has 1 fully saturated rings. The van der Waals surface area contributed by atoms with Crippen molar-refractivity contribution in [1.82, 2.24) is 4.31 Å². The molecular formula is C10H26N2O2S. The van der Waals surface area contributed by atoms with Crippen molar-refractivity contribution in [3.63, 3.8) is 0 Å². The molecular weight excluding hydrogens is 212 g/mol. The number of carbonyl (C=O) groups is 1. The maximum absolute atomic E-state index is 10.4. The molecule has 1 saturated heterocycles. The van der Waals surface area contributed by atoms with E-state index in [9.17, 15) is 9.35 Å². The average Bonchev–Trinajstić information content (AvgIpc) is 2.71. The lowest BCUT2D eigenvalue weighted by Gasteiger charge is -2.34. The highest BCUT2D eigenvalue weighted by molar-refractivity contribution is 8.26. The molecule has 4 nitrogen and oxygen atoms in total. The zero-order valence-corrected chi connectivity index (χ0v) is 11.4. The Bertz CT molecular complexity index is 160. The van der Waals surface area contributed by atoms with E-state index >= 15 is 0 Å². The predicted octanol–water partition coefficient (Wildman–Crippen LogP) is 1.56. The molecule has 1 aliphatic heterocycles. The molecule has 0 aromatic heterocycles. The highest BCUT2D eigenvalue weighted by Gasteiger charge is 2.28. The lowest BCUT2D eigenvalue weighted by atomic mass is 10.2. The first-order valence-corrected chi connectivity index (χ1v) is 7.64. The van der Waals surface area contributed by atoms with Crippen LogP contribution < -0.4 is 5.73 Å². The molecule has 0 amide bonds. The molecule has 3 N–H and O–H groups in total. The van der Waals surface area contributed by atoms with Gasteiger partial charge in [0, 0.05) is 19.0 Å². The summed E-state index contributed by atoms with van der Waals surface area (Å²) < 4.78 is 11.6. The van der Waals surface area contributed by atoms with Gasteiger partial charge in [0.25, 0.3) is 0 Å². The summed E-state index contributed by atoms with van der Waals surface area (Å²) in [6.45, 7) is 5.60. The Kier molecular flexibility index (Phi) is 10.6. The number of hydrogen-bond acceptors (Lipinski definition) is 4. The van der Waals surface area contributed by atoms with Gasteiger partial charge in [-0.3, -0.25) is 0 Å². The van der Waals surface area contributed by atoms with Gasteiger partial charge in [0.1, 0.15) is 6.29 Å². The second kappa shape index (κ2) is 9.15. The topological polar surface area (TPSA) is 66.6 Å². The first-order valence-electron chi connectivity index (χ1n) is 5.28. The lowest BCUT2D eigenvalue weighted by molar-refractivity contribution is -0.110. The first kappa shape index (κ1) is 17.3. The standard InChI is InChI=1S/C7H15NO2S.C2H6.CH5N/c1-11(2,10)8-4-3-7(5-8)6-9;2*1-2/h6-7,10H,3-5H2,1-2H3;1-2H3;2H2,1H3. The molecule has 0 aliphatic carbocycles. The molecule has 1 atom stereocenters. The Labute approximate surface area is 95.5 Å². The number of carbonyl (C=O) groups excluding carboxylic acids is 1. The molecule has 1 aliphatic rings. The fourth-order valence-corrected chi connectivity index (χ4v) is 2.38. The van der Waals surface area contributed by atoms with Gasteiger partial charge in [0.15, 0.2) is 0 Å². The Morgan fingerprint density at radius 2 is 1.87 bits per heavy atom. The van der Waals surface area contributed by atoms with Crippen molar-refractivity contribution >= 4 is 16.8 Å². The third-order valence-electron chi connectivity index (χ3n) is 2.01. The third-order valence-corrected chi connectivity index (χ3v) is 3.61. The van der Waals surface area contributed by atoms with E-state index in [2.05, 4.69) is 5.73 Å². The summed E-state index contributed by atoms with van der Waals surface area (Å²) in [6.07, 6.45) is 5.56. The minimum atomic E-state index is -1.57. The van der Waals surface area contributed by atoms with E-state index in [0.29, 0.717) is 0 Å². The van der Waals surface area contributed by atoms with Crippen LogP contribution in [-0.2, 0) is 4.79 Å². The monoisotopic (exact) mass is 238 g/mol. The fraction of sp³-hybridized carbons (Fsp3) is 0.900. The molecule has 1 unspecified atom stereocenters. The van der Waals surface area contributed by atoms with Crippen molar-refractivity contribution in [3.8, 4) is 0 Å². The van der Waals surface area contributed by atoms with E-state index in [4.69, 9.17) is 0 Å². The van der Waals surface area contributed by atoms with Crippen LogP contribution >= 0.6 is 10.5 Å². The van der Waals surface area contributed by atoms with E-state index < -0.39 is 10.5 Å². The van der Waals surface area contributed by atoms with Crippen LogP contribution in [-0.4, -0.2) is 47.8 Å². The Hall–Kier alpha value is -0.100. The van der Waals surface area contributed by atoms with E-state index in [1.54, 1.807) is 0 Å². The van der Waals surface area contributed by atoms with Gasteiger partial charge < -0.3 is 15.1 Å². The van der Waals surface area contributed by atoms with Gasteiger partial charge in [-0.25, -0.2) is 4.31 Å². The van der Waals surface area contributed by atoms with Gasteiger partial charge in [-0.2, -0.15) is 0 Å². The molecule has 1 heterocycles. The van der Waals surface area contributed by atoms with Gasteiger partial charge in [-0.05, 0) is 26.0 Å². The second-order valence-electron chi connectivity index (χ2n) is 3.29. The maximum atomic E-state index is 10.4. The highest BCUT2D eigenvalue weighted by atomic mass is 32.3. The van der Waals surface area contributed by atoms with Crippen LogP contribution in [0.4, 0.5) is 0 Å².